The normalized spacial score (nSPS) is 23.3. The van der Waals surface area contributed by atoms with Crippen molar-refractivity contribution in [2.24, 2.45) is 16.8 Å². The van der Waals surface area contributed by atoms with Gasteiger partial charge in [-0.25, -0.2) is 13.1 Å². The third kappa shape index (κ3) is 5.91. The number of likely N-dealkylation sites (tertiary alicyclic amines) is 1. The zero-order valence-corrected chi connectivity index (χ0v) is 25.1. The average molecular weight is 590 g/mol. The molecule has 41 heavy (non-hydrogen) atoms. The lowest BCUT2D eigenvalue weighted by Gasteiger charge is -2.31. The molecule has 3 aliphatic heterocycles. The molecule has 8 nitrogen and oxygen atoms in total. The van der Waals surface area contributed by atoms with E-state index < -0.39 is 10.0 Å². The maximum absolute atomic E-state index is 13.6. The van der Waals surface area contributed by atoms with Gasteiger partial charge in [0, 0.05) is 43.5 Å². The summed E-state index contributed by atoms with van der Waals surface area (Å²) in [6, 6.07) is 16.7. The van der Waals surface area contributed by atoms with E-state index in [1.165, 1.54) is 18.2 Å². The van der Waals surface area contributed by atoms with Gasteiger partial charge < -0.3 is 4.90 Å². The highest BCUT2D eigenvalue weighted by Gasteiger charge is 2.31. The van der Waals surface area contributed by atoms with Gasteiger partial charge in [0.05, 0.1) is 15.5 Å². The van der Waals surface area contributed by atoms with Gasteiger partial charge in [-0.1, -0.05) is 44.2 Å². The predicted octanol–water partition coefficient (Wildman–Crippen LogP) is 5.66. The van der Waals surface area contributed by atoms with Crippen LogP contribution in [0.1, 0.15) is 45.1 Å². The minimum absolute atomic E-state index is 0.253. The Balaban J connectivity index is 1.36. The minimum atomic E-state index is -3.64. The number of carbonyl (C=O) groups excluding carboxylic acids is 1. The summed E-state index contributed by atoms with van der Waals surface area (Å²) >= 11 is 1.41. The molecule has 0 spiro atoms. The summed E-state index contributed by atoms with van der Waals surface area (Å²) in [6.45, 7) is 7.21. The first-order chi connectivity index (χ1) is 19.8. The van der Waals surface area contributed by atoms with Crippen molar-refractivity contribution < 1.29 is 13.2 Å². The zero-order valence-electron chi connectivity index (χ0n) is 23.4. The van der Waals surface area contributed by atoms with E-state index in [-0.39, 0.29) is 10.8 Å². The topological polar surface area (TPSA) is 87.9 Å². The van der Waals surface area contributed by atoms with Gasteiger partial charge in [-0.3, -0.25) is 4.79 Å². The molecule has 2 fully saturated rings. The van der Waals surface area contributed by atoms with Crippen molar-refractivity contribution in [3.63, 3.8) is 0 Å². The molecular weight excluding hydrogens is 555 g/mol. The number of sulfonamides is 1. The van der Waals surface area contributed by atoms with Crippen molar-refractivity contribution >= 4 is 38.9 Å². The molecule has 2 aromatic carbocycles. The average Bonchev–Trinajstić information content (AvgIpc) is 3.57. The van der Waals surface area contributed by atoms with Gasteiger partial charge >= 0.3 is 0 Å². The van der Waals surface area contributed by atoms with Crippen LogP contribution in [-0.4, -0.2) is 64.7 Å². The summed E-state index contributed by atoms with van der Waals surface area (Å²) in [5, 5.41) is 5.64. The van der Waals surface area contributed by atoms with E-state index in [0.29, 0.717) is 41.1 Å². The Hall–Kier alpha value is -3.21. The van der Waals surface area contributed by atoms with E-state index in [1.807, 2.05) is 48.7 Å². The Morgan fingerprint density at radius 1 is 0.951 bits per heavy atom. The molecule has 3 aliphatic rings. The number of aromatic nitrogens is 2. The van der Waals surface area contributed by atoms with Crippen molar-refractivity contribution in [1.82, 2.24) is 19.0 Å². The van der Waals surface area contributed by atoms with E-state index in [0.717, 1.165) is 48.8 Å². The second-order valence-corrected chi connectivity index (χ2v) is 14.3. The van der Waals surface area contributed by atoms with Crippen LogP contribution in [0.2, 0.25) is 0 Å². The number of aliphatic imine (C=N–C) groups is 1. The summed E-state index contributed by atoms with van der Waals surface area (Å²) in [5.41, 5.74) is 2.89. The zero-order chi connectivity index (χ0) is 28.6. The maximum atomic E-state index is 13.6. The largest absolute Gasteiger partial charge is 0.351 e. The van der Waals surface area contributed by atoms with E-state index in [4.69, 9.17) is 5.10 Å². The highest BCUT2D eigenvalue weighted by molar-refractivity contribution is 8.18. The first-order valence-corrected chi connectivity index (χ1v) is 16.6. The summed E-state index contributed by atoms with van der Waals surface area (Å²) < 4.78 is 30.5. The molecular formula is C31H35N5O3S2. The van der Waals surface area contributed by atoms with Crippen LogP contribution in [0, 0.1) is 11.8 Å². The Labute approximate surface area is 246 Å². The lowest BCUT2D eigenvalue weighted by atomic mass is 10.0. The number of para-hydroxylation sites is 1. The van der Waals surface area contributed by atoms with Gasteiger partial charge in [0.25, 0.3) is 5.91 Å². The van der Waals surface area contributed by atoms with Crippen LogP contribution in [0.15, 0.2) is 75.6 Å². The molecule has 3 aromatic rings. The molecule has 0 N–H and O–H groups in total. The summed E-state index contributed by atoms with van der Waals surface area (Å²) in [4.78, 5) is 20.4. The van der Waals surface area contributed by atoms with E-state index >= 15 is 0 Å². The van der Waals surface area contributed by atoms with Crippen LogP contribution < -0.4 is 0 Å². The number of amidine groups is 1. The van der Waals surface area contributed by atoms with Gasteiger partial charge in [0.15, 0.2) is 5.17 Å². The van der Waals surface area contributed by atoms with Crippen LogP contribution in [-0.2, 0) is 14.8 Å². The van der Waals surface area contributed by atoms with Crippen molar-refractivity contribution in [3.8, 4) is 16.9 Å². The second-order valence-electron chi connectivity index (χ2n) is 11.4. The van der Waals surface area contributed by atoms with Gasteiger partial charge in [0.2, 0.25) is 10.0 Å². The predicted molar refractivity (Wildman–Crippen MR) is 164 cm³/mol. The second kappa shape index (κ2) is 11.6. The fraction of sp³-hybridized carbons (Fsp3) is 0.387. The highest BCUT2D eigenvalue weighted by Crippen LogP contribution is 2.35. The van der Waals surface area contributed by atoms with Gasteiger partial charge in [-0.05, 0) is 79.6 Å². The monoisotopic (exact) mass is 589 g/mol. The number of hydrogen-bond donors (Lipinski definition) is 0. The lowest BCUT2D eigenvalue weighted by Crippen LogP contribution is -2.39. The van der Waals surface area contributed by atoms with Crippen LogP contribution in [0.25, 0.3) is 23.0 Å². The molecule has 4 heterocycles. The number of piperidine rings is 2. The quantitative estimate of drug-likeness (QED) is 0.357. The van der Waals surface area contributed by atoms with Crippen molar-refractivity contribution in [2.75, 3.05) is 26.2 Å². The molecule has 1 aromatic heterocycles. The first kappa shape index (κ1) is 27.9. The Morgan fingerprint density at radius 3 is 2.46 bits per heavy atom. The summed E-state index contributed by atoms with van der Waals surface area (Å²) in [7, 11) is -3.64. The number of carbonyl (C=O) groups is 1. The SMILES string of the molecule is CC1CCCN(C2=NC(=O)C(=Cc3cn(-c4ccccc4)nc3-c3cccc(S(=O)(=O)N4CCCC(C)C4)c3)S2)C1. The van der Waals surface area contributed by atoms with Crippen molar-refractivity contribution in [2.45, 2.75) is 44.4 Å². The minimum Gasteiger partial charge on any atom is -0.351 e. The summed E-state index contributed by atoms with van der Waals surface area (Å²) in [5.74, 6) is 0.656. The molecule has 0 aliphatic carbocycles. The van der Waals surface area contributed by atoms with Crippen molar-refractivity contribution in [1.29, 1.82) is 0 Å². The number of amides is 1. The first-order valence-electron chi connectivity index (χ1n) is 14.3. The molecule has 10 heteroatoms. The third-order valence-electron chi connectivity index (χ3n) is 7.95. The number of benzene rings is 2. The molecule has 214 valence electrons. The molecule has 2 atom stereocenters. The molecule has 1 amide bonds. The van der Waals surface area contributed by atoms with Crippen LogP contribution >= 0.6 is 11.8 Å². The molecule has 2 unspecified atom stereocenters. The van der Waals surface area contributed by atoms with Gasteiger partial charge in [0.1, 0.15) is 5.69 Å². The maximum Gasteiger partial charge on any atom is 0.286 e. The molecule has 2 saturated heterocycles. The fourth-order valence-corrected chi connectivity index (χ4v) is 8.37. The van der Waals surface area contributed by atoms with E-state index in [9.17, 15) is 13.2 Å². The Kier molecular flexibility index (Phi) is 7.89. The number of hydrogen-bond acceptors (Lipinski definition) is 6. The Morgan fingerprint density at radius 2 is 1.71 bits per heavy atom. The molecule has 0 saturated carbocycles. The van der Waals surface area contributed by atoms with Crippen LogP contribution in [0.4, 0.5) is 0 Å². The molecule has 6 rings (SSSR count). The molecule has 0 bridgehead atoms. The van der Waals surface area contributed by atoms with E-state index in [1.54, 1.807) is 27.2 Å². The van der Waals surface area contributed by atoms with Crippen LogP contribution in [0.3, 0.4) is 0 Å². The highest BCUT2D eigenvalue weighted by atomic mass is 32.2. The number of thioether (sulfide) groups is 1. The Bertz CT molecular complexity index is 1610. The van der Waals surface area contributed by atoms with E-state index in [2.05, 4.69) is 23.7 Å². The summed E-state index contributed by atoms with van der Waals surface area (Å²) in [6.07, 6.45) is 7.92. The van der Waals surface area contributed by atoms with Gasteiger partial charge in [-0.2, -0.15) is 14.4 Å². The van der Waals surface area contributed by atoms with Crippen LogP contribution in [0.5, 0.6) is 0 Å². The van der Waals surface area contributed by atoms with Crippen molar-refractivity contribution in [3.05, 3.63) is 71.3 Å². The standard InChI is InChI=1S/C31H35N5O3S2/c1-22-9-7-15-34(19-22)31-32-30(37)28(40-31)18-25-21-36(26-12-4-3-5-13-26)33-29(25)24-11-6-14-27(17-24)41(38,39)35-16-8-10-23(2)20-35/h3-6,11-14,17-18,21-23H,7-10,15-16,19-20H2,1-2H3. The number of rotatable bonds is 5. The number of nitrogens with zero attached hydrogens (tertiary/aromatic N) is 5. The fourth-order valence-electron chi connectivity index (χ4n) is 5.79. The smallest absolute Gasteiger partial charge is 0.286 e. The van der Waals surface area contributed by atoms with Gasteiger partial charge in [-0.15, -0.1) is 0 Å². The third-order valence-corrected chi connectivity index (χ3v) is 10.9. The molecule has 0 radical (unpaired) electrons. The lowest BCUT2D eigenvalue weighted by molar-refractivity contribution is -0.113.